The van der Waals surface area contributed by atoms with Crippen molar-refractivity contribution in [3.8, 4) is 6.07 Å². The molecule has 0 aliphatic heterocycles. The Kier molecular flexibility index (Phi) is 9.11. The maximum absolute atomic E-state index is 13.0. The van der Waals surface area contributed by atoms with Crippen molar-refractivity contribution in [2.24, 2.45) is 0 Å². The van der Waals surface area contributed by atoms with Crippen molar-refractivity contribution >= 4 is 40.9 Å². The van der Waals surface area contributed by atoms with Crippen LogP contribution in [0.3, 0.4) is 0 Å². The van der Waals surface area contributed by atoms with Gasteiger partial charge < -0.3 is 15.5 Å². The van der Waals surface area contributed by atoms with Gasteiger partial charge in [0.1, 0.15) is 0 Å². The highest BCUT2D eigenvalue weighted by molar-refractivity contribution is 8.00. The van der Waals surface area contributed by atoms with Gasteiger partial charge in [0.2, 0.25) is 5.91 Å². The number of carbonyl (C=O) groups is 2. The first kappa shape index (κ1) is 25.3. The predicted octanol–water partition coefficient (Wildman–Crippen LogP) is 4.98. The van der Waals surface area contributed by atoms with Crippen LogP contribution in [0.5, 0.6) is 0 Å². The number of anilines is 1. The van der Waals surface area contributed by atoms with E-state index in [1.807, 2.05) is 61.5 Å². The summed E-state index contributed by atoms with van der Waals surface area (Å²) in [5.74, 6) is -0.313. The van der Waals surface area contributed by atoms with Crippen LogP contribution in [-0.4, -0.2) is 43.1 Å². The number of nitrogens with zero attached hydrogens (tertiary/aromatic N) is 2. The molecule has 0 aromatic heterocycles. The van der Waals surface area contributed by atoms with Crippen molar-refractivity contribution in [1.82, 2.24) is 10.2 Å². The van der Waals surface area contributed by atoms with Gasteiger partial charge in [-0.3, -0.25) is 9.59 Å². The zero-order valence-electron chi connectivity index (χ0n) is 18.9. The molecule has 6 nitrogen and oxygen atoms in total. The Morgan fingerprint density at radius 2 is 1.79 bits per heavy atom. The number of carbonyl (C=O) groups excluding carboxylic acids is 2. The van der Waals surface area contributed by atoms with Crippen LogP contribution < -0.4 is 10.6 Å². The predicted molar refractivity (Wildman–Crippen MR) is 137 cm³/mol. The lowest BCUT2D eigenvalue weighted by Gasteiger charge is -2.26. The number of nitriles is 1. The maximum Gasteiger partial charge on any atom is 0.252 e. The summed E-state index contributed by atoms with van der Waals surface area (Å²) in [7, 11) is 3.88. The van der Waals surface area contributed by atoms with Crippen molar-refractivity contribution in [2.75, 3.05) is 31.7 Å². The number of rotatable bonds is 9. The zero-order valence-corrected chi connectivity index (χ0v) is 20.5. The molecule has 0 aliphatic carbocycles. The molecule has 0 saturated carbocycles. The summed E-state index contributed by atoms with van der Waals surface area (Å²) >= 11 is 7.65. The molecular formula is C26H25ClN4O2S. The van der Waals surface area contributed by atoms with E-state index in [0.29, 0.717) is 33.3 Å². The minimum Gasteiger partial charge on any atom is -0.350 e. The van der Waals surface area contributed by atoms with Gasteiger partial charge in [0.05, 0.1) is 29.0 Å². The molecule has 0 aliphatic rings. The average molecular weight is 493 g/mol. The summed E-state index contributed by atoms with van der Waals surface area (Å²) in [5.41, 5.74) is 2.47. The monoisotopic (exact) mass is 492 g/mol. The molecule has 3 aromatic rings. The quantitative estimate of drug-likeness (QED) is 0.412. The van der Waals surface area contributed by atoms with Crippen LogP contribution in [0.2, 0.25) is 5.02 Å². The molecule has 0 saturated heterocycles. The summed E-state index contributed by atoms with van der Waals surface area (Å²) in [6, 6.07) is 23.5. The molecule has 8 heteroatoms. The Balaban J connectivity index is 1.63. The van der Waals surface area contributed by atoms with Crippen LogP contribution in [0.15, 0.2) is 77.7 Å². The first-order chi connectivity index (χ1) is 16.4. The van der Waals surface area contributed by atoms with Crippen molar-refractivity contribution in [2.45, 2.75) is 10.9 Å². The topological polar surface area (TPSA) is 85.2 Å². The molecule has 0 heterocycles. The normalized spacial score (nSPS) is 11.5. The largest absolute Gasteiger partial charge is 0.350 e. The smallest absolute Gasteiger partial charge is 0.252 e. The number of nitrogens with one attached hydrogen (secondary N) is 2. The number of benzene rings is 3. The van der Waals surface area contributed by atoms with Crippen LogP contribution >= 0.6 is 23.4 Å². The van der Waals surface area contributed by atoms with Gasteiger partial charge in [-0.05, 0) is 56.1 Å². The Labute approximate surface area is 208 Å². The van der Waals surface area contributed by atoms with Crippen LogP contribution in [-0.2, 0) is 4.79 Å². The van der Waals surface area contributed by atoms with Gasteiger partial charge in [0.15, 0.2) is 0 Å². The summed E-state index contributed by atoms with van der Waals surface area (Å²) in [6.07, 6.45) is 0. The van der Waals surface area contributed by atoms with Gasteiger partial charge in [-0.25, -0.2) is 0 Å². The highest BCUT2D eigenvalue weighted by Gasteiger charge is 2.19. The number of amides is 2. The van der Waals surface area contributed by atoms with Crippen LogP contribution in [0.1, 0.15) is 27.5 Å². The molecule has 34 heavy (non-hydrogen) atoms. The summed E-state index contributed by atoms with van der Waals surface area (Å²) in [4.78, 5) is 28.1. The van der Waals surface area contributed by atoms with Crippen molar-refractivity contribution in [3.63, 3.8) is 0 Å². The second-order valence-electron chi connectivity index (χ2n) is 7.74. The molecular weight excluding hydrogens is 468 g/mol. The van der Waals surface area contributed by atoms with Crippen LogP contribution in [0.25, 0.3) is 0 Å². The van der Waals surface area contributed by atoms with Gasteiger partial charge in [-0.2, -0.15) is 5.26 Å². The van der Waals surface area contributed by atoms with Crippen molar-refractivity contribution < 1.29 is 9.59 Å². The molecule has 0 spiro atoms. The van der Waals surface area contributed by atoms with E-state index < -0.39 is 0 Å². The van der Waals surface area contributed by atoms with E-state index in [2.05, 4.69) is 10.6 Å². The molecule has 174 valence electrons. The van der Waals surface area contributed by atoms with Crippen molar-refractivity contribution in [3.05, 3.63) is 94.5 Å². The molecule has 2 amide bonds. The molecule has 0 fully saturated rings. The Bertz CT molecular complexity index is 1210. The first-order valence-electron chi connectivity index (χ1n) is 10.6. The number of hydrogen-bond donors (Lipinski definition) is 2. The fourth-order valence-electron chi connectivity index (χ4n) is 3.39. The number of halogens is 1. The Morgan fingerprint density at radius 1 is 1.06 bits per heavy atom. The molecule has 0 bridgehead atoms. The lowest BCUT2D eigenvalue weighted by atomic mass is 10.1. The van der Waals surface area contributed by atoms with Crippen molar-refractivity contribution in [1.29, 1.82) is 5.26 Å². The Morgan fingerprint density at radius 3 is 2.53 bits per heavy atom. The SMILES string of the molecule is CN(C)C(CNC(=O)c1ccccc1SCC(=O)Nc1cccc(C#N)c1)c1ccccc1Cl. The average Bonchev–Trinajstić information content (AvgIpc) is 2.84. The lowest BCUT2D eigenvalue weighted by molar-refractivity contribution is -0.113. The van der Waals surface area contributed by atoms with Gasteiger partial charge in [0, 0.05) is 22.2 Å². The second kappa shape index (κ2) is 12.2. The van der Waals surface area contributed by atoms with Gasteiger partial charge >= 0.3 is 0 Å². The summed E-state index contributed by atoms with van der Waals surface area (Å²) in [5, 5.41) is 15.4. The molecule has 0 radical (unpaired) electrons. The van der Waals surface area contributed by atoms with Gasteiger partial charge in [0.25, 0.3) is 5.91 Å². The van der Waals surface area contributed by atoms with E-state index in [-0.39, 0.29) is 23.6 Å². The fourth-order valence-corrected chi connectivity index (χ4v) is 4.50. The van der Waals surface area contributed by atoms with E-state index in [0.717, 1.165) is 5.56 Å². The lowest BCUT2D eigenvalue weighted by Crippen LogP contribution is -2.35. The third-order valence-corrected chi connectivity index (χ3v) is 6.53. The zero-order chi connectivity index (χ0) is 24.5. The summed E-state index contributed by atoms with van der Waals surface area (Å²) < 4.78 is 0. The van der Waals surface area contributed by atoms with E-state index in [1.54, 1.807) is 36.4 Å². The van der Waals surface area contributed by atoms with E-state index in [4.69, 9.17) is 16.9 Å². The third kappa shape index (κ3) is 6.84. The molecule has 1 unspecified atom stereocenters. The standard InChI is InChI=1S/C26H25ClN4O2S/c1-31(2)23(20-10-3-5-12-22(20)27)16-29-26(33)21-11-4-6-13-24(21)34-17-25(32)30-19-9-7-8-18(14-19)15-28/h3-14,23H,16-17H2,1-2H3,(H,29,33)(H,30,32). The number of hydrogen-bond acceptors (Lipinski definition) is 5. The summed E-state index contributed by atoms with van der Waals surface area (Å²) in [6.45, 7) is 0.379. The molecule has 3 rings (SSSR count). The highest BCUT2D eigenvalue weighted by Crippen LogP contribution is 2.26. The minimum absolute atomic E-state index is 0.0904. The number of likely N-dealkylation sites (N-methyl/N-ethyl adjacent to an activating group) is 1. The first-order valence-corrected chi connectivity index (χ1v) is 12.0. The molecule has 2 N–H and O–H groups in total. The van der Waals surface area contributed by atoms with Gasteiger partial charge in [-0.15, -0.1) is 11.8 Å². The molecule has 3 aromatic carbocycles. The maximum atomic E-state index is 13.0. The minimum atomic E-state index is -0.221. The third-order valence-electron chi connectivity index (χ3n) is 5.11. The van der Waals surface area contributed by atoms with Crippen LogP contribution in [0.4, 0.5) is 5.69 Å². The van der Waals surface area contributed by atoms with E-state index in [9.17, 15) is 9.59 Å². The van der Waals surface area contributed by atoms with Gasteiger partial charge in [-0.1, -0.05) is 48.0 Å². The van der Waals surface area contributed by atoms with E-state index in [1.165, 1.54) is 11.8 Å². The Hall–Kier alpha value is -3.31. The van der Waals surface area contributed by atoms with Crippen LogP contribution in [0, 0.1) is 11.3 Å². The molecule has 1 atom stereocenters. The number of thioether (sulfide) groups is 1. The fraction of sp³-hybridized carbons (Fsp3) is 0.192. The van der Waals surface area contributed by atoms with E-state index >= 15 is 0 Å². The second-order valence-corrected chi connectivity index (χ2v) is 9.16. The highest BCUT2D eigenvalue weighted by atomic mass is 35.5.